The van der Waals surface area contributed by atoms with Crippen LogP contribution in [0.5, 0.6) is 0 Å². The molecule has 0 aliphatic carbocycles. The van der Waals surface area contributed by atoms with Gasteiger partial charge in [0, 0.05) is 22.9 Å². The van der Waals surface area contributed by atoms with Gasteiger partial charge in [0.25, 0.3) is 0 Å². The zero-order chi connectivity index (χ0) is 13.4. The Morgan fingerprint density at radius 3 is 2.78 bits per heavy atom. The molecule has 0 unspecified atom stereocenters. The Hall–Kier alpha value is -1.23. The van der Waals surface area contributed by atoms with Gasteiger partial charge < -0.3 is 5.32 Å². The molecule has 3 nitrogen and oxygen atoms in total. The third-order valence-electron chi connectivity index (χ3n) is 2.42. The Kier molecular flexibility index (Phi) is 6.57. The molecule has 0 heterocycles. The predicted octanol–water partition coefficient (Wildman–Crippen LogP) is 1.99. The molecule has 0 aliphatic heterocycles. The number of amides is 1. The Balaban J connectivity index is 2.38. The van der Waals surface area contributed by atoms with E-state index >= 15 is 0 Å². The maximum atomic E-state index is 13.3. The molecule has 18 heavy (non-hydrogen) atoms. The molecule has 1 atom stereocenters. The molecular weight excluding hydrogens is 253 g/mol. The van der Waals surface area contributed by atoms with Crippen molar-refractivity contribution in [3.8, 4) is 0 Å². The van der Waals surface area contributed by atoms with Crippen LogP contribution in [-0.4, -0.2) is 22.4 Å². The van der Waals surface area contributed by atoms with Gasteiger partial charge in [0.05, 0.1) is 5.75 Å². The third-order valence-corrected chi connectivity index (χ3v) is 3.64. The number of hydrogen-bond donors (Lipinski definition) is 1. The quantitative estimate of drug-likeness (QED) is 0.771. The highest BCUT2D eigenvalue weighted by molar-refractivity contribution is 7.84. The van der Waals surface area contributed by atoms with E-state index in [9.17, 15) is 13.4 Å². The average molecular weight is 271 g/mol. The largest absolute Gasteiger partial charge is 0.355 e. The number of unbranched alkanes of at least 4 members (excludes halogenated alkanes) is 1. The fourth-order valence-electron chi connectivity index (χ4n) is 1.44. The summed E-state index contributed by atoms with van der Waals surface area (Å²) in [7, 11) is -1.37. The van der Waals surface area contributed by atoms with Crippen LogP contribution >= 0.6 is 0 Å². The third kappa shape index (κ3) is 5.40. The van der Waals surface area contributed by atoms with Gasteiger partial charge in [-0.15, -0.1) is 0 Å². The van der Waals surface area contributed by atoms with Crippen molar-refractivity contribution < 1.29 is 13.4 Å². The van der Waals surface area contributed by atoms with Crippen molar-refractivity contribution >= 4 is 16.7 Å². The van der Waals surface area contributed by atoms with E-state index in [0.717, 1.165) is 12.8 Å². The van der Waals surface area contributed by atoms with Crippen molar-refractivity contribution in [1.29, 1.82) is 0 Å². The molecule has 0 fully saturated rings. The van der Waals surface area contributed by atoms with E-state index in [0.29, 0.717) is 12.1 Å². The molecule has 0 aliphatic rings. The molecule has 0 radical (unpaired) electrons. The minimum atomic E-state index is -1.37. The van der Waals surface area contributed by atoms with Crippen molar-refractivity contribution in [3.63, 3.8) is 0 Å². The van der Waals surface area contributed by atoms with Gasteiger partial charge >= 0.3 is 0 Å². The summed E-state index contributed by atoms with van der Waals surface area (Å²) >= 11 is 0. The molecule has 1 N–H and O–H groups in total. The first-order valence-corrected chi connectivity index (χ1v) is 7.47. The Morgan fingerprint density at radius 1 is 1.39 bits per heavy atom. The van der Waals surface area contributed by atoms with E-state index in [1.807, 2.05) is 6.92 Å². The highest BCUT2D eigenvalue weighted by Gasteiger charge is 2.10. The van der Waals surface area contributed by atoms with Crippen molar-refractivity contribution in [2.24, 2.45) is 0 Å². The highest BCUT2D eigenvalue weighted by atomic mass is 32.2. The second kappa shape index (κ2) is 7.97. The van der Waals surface area contributed by atoms with Gasteiger partial charge in [-0.1, -0.05) is 31.5 Å². The molecule has 0 aromatic heterocycles. The normalized spacial score (nSPS) is 12.1. The summed E-state index contributed by atoms with van der Waals surface area (Å²) in [5.41, 5.74) is 0.386. The fourth-order valence-corrected chi connectivity index (χ4v) is 2.52. The number of hydrogen-bond acceptors (Lipinski definition) is 2. The summed E-state index contributed by atoms with van der Waals surface area (Å²) in [6, 6.07) is 6.19. The van der Waals surface area contributed by atoms with Gasteiger partial charge in [-0.3, -0.25) is 9.00 Å². The van der Waals surface area contributed by atoms with Crippen LogP contribution < -0.4 is 5.32 Å². The number of carbonyl (C=O) groups is 1. The molecule has 0 spiro atoms. The first kappa shape index (κ1) is 14.8. The monoisotopic (exact) mass is 271 g/mol. The second-order valence-electron chi connectivity index (χ2n) is 4.02. The second-order valence-corrected chi connectivity index (χ2v) is 5.48. The minimum absolute atomic E-state index is 0.0714. The molecule has 1 rings (SSSR count). The van der Waals surface area contributed by atoms with Gasteiger partial charge in [0.2, 0.25) is 5.91 Å². The average Bonchev–Trinajstić information content (AvgIpc) is 2.32. The molecule has 1 amide bonds. The van der Waals surface area contributed by atoms with Gasteiger partial charge in [-0.2, -0.15) is 0 Å². The zero-order valence-corrected chi connectivity index (χ0v) is 11.3. The summed E-state index contributed by atoms with van der Waals surface area (Å²) in [6.07, 6.45) is 1.91. The molecule has 0 bridgehead atoms. The number of benzene rings is 1. The summed E-state index contributed by atoms with van der Waals surface area (Å²) in [4.78, 5) is 11.4. The SMILES string of the molecule is CCCCNC(=O)C[S@](=O)Cc1ccccc1F. The van der Waals surface area contributed by atoms with Gasteiger partial charge in [-0.25, -0.2) is 4.39 Å². The zero-order valence-electron chi connectivity index (χ0n) is 10.4. The van der Waals surface area contributed by atoms with Crippen LogP contribution in [0, 0.1) is 5.82 Å². The Bertz CT molecular complexity index is 423. The van der Waals surface area contributed by atoms with E-state index in [1.165, 1.54) is 6.07 Å². The lowest BCUT2D eigenvalue weighted by Crippen LogP contribution is -2.29. The highest BCUT2D eigenvalue weighted by Crippen LogP contribution is 2.08. The van der Waals surface area contributed by atoms with Crippen LogP contribution in [0.1, 0.15) is 25.3 Å². The molecule has 1 aromatic carbocycles. The van der Waals surface area contributed by atoms with Crippen molar-refractivity contribution in [1.82, 2.24) is 5.32 Å². The Morgan fingerprint density at radius 2 is 2.11 bits per heavy atom. The topological polar surface area (TPSA) is 46.2 Å². The van der Waals surface area contributed by atoms with Crippen molar-refractivity contribution in [3.05, 3.63) is 35.6 Å². The van der Waals surface area contributed by atoms with Crippen LogP contribution in [0.4, 0.5) is 4.39 Å². The number of halogens is 1. The maximum absolute atomic E-state index is 13.3. The van der Waals surface area contributed by atoms with Crippen molar-refractivity contribution in [2.75, 3.05) is 12.3 Å². The maximum Gasteiger partial charge on any atom is 0.232 e. The van der Waals surface area contributed by atoms with Crippen molar-refractivity contribution in [2.45, 2.75) is 25.5 Å². The van der Waals surface area contributed by atoms with Gasteiger partial charge in [0.1, 0.15) is 11.6 Å². The van der Waals surface area contributed by atoms with E-state index in [4.69, 9.17) is 0 Å². The van der Waals surface area contributed by atoms with E-state index < -0.39 is 10.8 Å². The molecule has 5 heteroatoms. The first-order valence-electron chi connectivity index (χ1n) is 5.98. The van der Waals surface area contributed by atoms with Gasteiger partial charge in [0.15, 0.2) is 0 Å². The molecule has 1 aromatic rings. The summed E-state index contributed by atoms with van der Waals surface area (Å²) in [6.45, 7) is 2.63. The fraction of sp³-hybridized carbons (Fsp3) is 0.462. The predicted molar refractivity (Wildman–Crippen MR) is 71.0 cm³/mol. The lowest BCUT2D eigenvalue weighted by molar-refractivity contribution is -0.118. The molecule has 0 saturated heterocycles. The summed E-state index contributed by atoms with van der Waals surface area (Å²) in [5, 5.41) is 2.69. The summed E-state index contributed by atoms with van der Waals surface area (Å²) < 4.78 is 25.0. The van der Waals surface area contributed by atoms with Crippen LogP contribution in [0.15, 0.2) is 24.3 Å². The van der Waals surface area contributed by atoms with Gasteiger partial charge in [-0.05, 0) is 12.5 Å². The Labute approximate surface area is 109 Å². The molecule has 0 saturated carbocycles. The standard InChI is InChI=1S/C13H18FNO2S/c1-2-3-8-15-13(16)10-18(17)9-11-6-4-5-7-12(11)14/h4-7H,2-3,8-10H2,1H3,(H,15,16)/t18-/m1/s1. The van der Waals surface area contributed by atoms with Crippen LogP contribution in [0.3, 0.4) is 0 Å². The number of rotatable bonds is 7. The lowest BCUT2D eigenvalue weighted by Gasteiger charge is -2.05. The first-order chi connectivity index (χ1) is 8.63. The van der Waals surface area contributed by atoms with Crippen LogP contribution in [0.25, 0.3) is 0 Å². The van der Waals surface area contributed by atoms with Crippen LogP contribution in [-0.2, 0) is 21.3 Å². The number of nitrogens with one attached hydrogen (secondary N) is 1. The van der Waals surface area contributed by atoms with Crippen LogP contribution in [0.2, 0.25) is 0 Å². The smallest absolute Gasteiger partial charge is 0.232 e. The van der Waals surface area contributed by atoms with E-state index in [2.05, 4.69) is 5.32 Å². The van der Waals surface area contributed by atoms with E-state index in [1.54, 1.807) is 18.2 Å². The lowest BCUT2D eigenvalue weighted by atomic mass is 10.2. The summed E-state index contributed by atoms with van der Waals surface area (Å²) in [5.74, 6) is -0.610. The molecular formula is C13H18FNO2S. The van der Waals surface area contributed by atoms with E-state index in [-0.39, 0.29) is 23.2 Å². The number of carbonyl (C=O) groups excluding carboxylic acids is 1. The minimum Gasteiger partial charge on any atom is -0.355 e. The molecule has 100 valence electrons.